The molecule has 0 spiro atoms. The van der Waals surface area contributed by atoms with Gasteiger partial charge in [0.2, 0.25) is 0 Å². The van der Waals surface area contributed by atoms with Crippen molar-refractivity contribution in [1.82, 2.24) is 4.90 Å². The SMILES string of the molecule is CC(C)(COC(=O)C(=N)c1ccccc1NCc1ccc(Cl)cc1Cl)N1CCOCC1. The molecule has 2 aromatic carbocycles. The molecule has 0 aliphatic carbocycles. The first kappa shape index (κ1) is 23.5. The van der Waals surface area contributed by atoms with Gasteiger partial charge in [0, 0.05) is 46.5 Å². The van der Waals surface area contributed by atoms with Crippen molar-refractivity contribution in [3.8, 4) is 0 Å². The fraction of sp³-hybridized carbons (Fsp3) is 0.391. The quantitative estimate of drug-likeness (QED) is 0.440. The Bertz CT molecular complexity index is 943. The van der Waals surface area contributed by atoms with Crippen LogP contribution in [0.1, 0.15) is 25.0 Å². The number of esters is 1. The summed E-state index contributed by atoms with van der Waals surface area (Å²) in [7, 11) is 0. The van der Waals surface area contributed by atoms with Gasteiger partial charge in [-0.15, -0.1) is 0 Å². The number of halogens is 2. The van der Waals surface area contributed by atoms with Gasteiger partial charge in [-0.3, -0.25) is 10.3 Å². The molecule has 1 fully saturated rings. The molecule has 6 nitrogen and oxygen atoms in total. The van der Waals surface area contributed by atoms with Crippen LogP contribution in [0.5, 0.6) is 0 Å². The normalized spacial score (nSPS) is 14.8. The van der Waals surface area contributed by atoms with E-state index >= 15 is 0 Å². The lowest BCUT2D eigenvalue weighted by molar-refractivity contribution is -0.140. The maximum Gasteiger partial charge on any atom is 0.356 e. The van der Waals surface area contributed by atoms with E-state index in [9.17, 15) is 4.79 Å². The summed E-state index contributed by atoms with van der Waals surface area (Å²) in [5.41, 5.74) is 1.47. The maximum atomic E-state index is 12.6. The molecule has 2 N–H and O–H groups in total. The van der Waals surface area contributed by atoms with Crippen LogP contribution in [0.3, 0.4) is 0 Å². The van der Waals surface area contributed by atoms with E-state index in [0.29, 0.717) is 41.1 Å². The highest BCUT2D eigenvalue weighted by molar-refractivity contribution is 6.43. The number of hydrogen-bond donors (Lipinski definition) is 2. The van der Waals surface area contributed by atoms with Gasteiger partial charge in [-0.05, 0) is 37.6 Å². The number of carbonyl (C=O) groups is 1. The average Bonchev–Trinajstić information content (AvgIpc) is 2.77. The van der Waals surface area contributed by atoms with Crippen LogP contribution in [0.25, 0.3) is 0 Å². The van der Waals surface area contributed by atoms with E-state index in [1.54, 1.807) is 24.3 Å². The highest BCUT2D eigenvalue weighted by atomic mass is 35.5. The lowest BCUT2D eigenvalue weighted by atomic mass is 10.0. The largest absolute Gasteiger partial charge is 0.459 e. The number of morpholine rings is 1. The molecule has 166 valence electrons. The average molecular weight is 464 g/mol. The van der Waals surface area contributed by atoms with Crippen LogP contribution in [0.2, 0.25) is 10.0 Å². The minimum absolute atomic E-state index is 0.192. The van der Waals surface area contributed by atoms with E-state index in [1.165, 1.54) is 0 Å². The van der Waals surface area contributed by atoms with Crippen LogP contribution < -0.4 is 5.32 Å². The number of ether oxygens (including phenoxy) is 2. The Morgan fingerprint density at radius 2 is 1.90 bits per heavy atom. The molecule has 8 heteroatoms. The van der Waals surface area contributed by atoms with E-state index in [1.807, 2.05) is 32.0 Å². The highest BCUT2D eigenvalue weighted by Gasteiger charge is 2.30. The topological polar surface area (TPSA) is 74.7 Å². The number of hydrogen-bond acceptors (Lipinski definition) is 6. The number of nitrogens with zero attached hydrogens (tertiary/aromatic N) is 1. The van der Waals surface area contributed by atoms with Crippen LogP contribution in [-0.2, 0) is 20.8 Å². The van der Waals surface area contributed by atoms with Gasteiger partial charge in [-0.25, -0.2) is 4.79 Å². The first-order valence-electron chi connectivity index (χ1n) is 10.1. The predicted octanol–water partition coefficient (Wildman–Crippen LogP) is 4.63. The molecule has 0 radical (unpaired) electrons. The minimum Gasteiger partial charge on any atom is -0.459 e. The molecular formula is C23H27Cl2N3O3. The Hall–Kier alpha value is -2.12. The second-order valence-corrected chi connectivity index (χ2v) is 8.84. The monoisotopic (exact) mass is 463 g/mol. The van der Waals surface area contributed by atoms with E-state index in [4.69, 9.17) is 38.1 Å². The smallest absolute Gasteiger partial charge is 0.356 e. The molecule has 31 heavy (non-hydrogen) atoms. The van der Waals surface area contributed by atoms with Crippen LogP contribution in [0.4, 0.5) is 5.69 Å². The lowest BCUT2D eigenvalue weighted by Crippen LogP contribution is -2.52. The highest BCUT2D eigenvalue weighted by Crippen LogP contribution is 2.24. The predicted molar refractivity (Wildman–Crippen MR) is 124 cm³/mol. The Balaban J connectivity index is 1.63. The number of carbonyl (C=O) groups excluding carboxylic acids is 1. The number of nitrogens with one attached hydrogen (secondary N) is 2. The molecule has 1 aliphatic heterocycles. The van der Waals surface area contributed by atoms with Crippen molar-refractivity contribution in [2.45, 2.75) is 25.9 Å². The Morgan fingerprint density at radius 1 is 1.19 bits per heavy atom. The third kappa shape index (κ3) is 6.20. The number of benzene rings is 2. The van der Waals surface area contributed by atoms with E-state index < -0.39 is 5.97 Å². The van der Waals surface area contributed by atoms with Gasteiger partial charge in [0.05, 0.1) is 13.2 Å². The Kier molecular flexibility index (Phi) is 7.94. The van der Waals surface area contributed by atoms with Gasteiger partial charge in [-0.1, -0.05) is 47.5 Å². The molecule has 0 bridgehead atoms. The second-order valence-electron chi connectivity index (χ2n) is 8.00. The minimum atomic E-state index is -0.653. The molecule has 0 aromatic heterocycles. The molecule has 1 aliphatic rings. The standard InChI is InChI=1S/C23H27Cl2N3O3/c1-23(2,28-9-11-30-12-10-28)15-31-22(29)21(26)18-5-3-4-6-20(18)27-14-16-7-8-17(24)13-19(16)25/h3-8,13,26-27H,9-12,14-15H2,1-2H3. The zero-order valence-electron chi connectivity index (χ0n) is 17.7. The molecule has 0 amide bonds. The first-order chi connectivity index (χ1) is 14.8. The van der Waals surface area contributed by atoms with Crippen LogP contribution in [-0.4, -0.2) is 55.0 Å². The van der Waals surface area contributed by atoms with Crippen molar-refractivity contribution in [1.29, 1.82) is 5.41 Å². The molecule has 0 unspecified atom stereocenters. The maximum absolute atomic E-state index is 12.6. The van der Waals surface area contributed by atoms with Crippen molar-refractivity contribution in [3.05, 3.63) is 63.6 Å². The van der Waals surface area contributed by atoms with Gasteiger partial charge in [0.15, 0.2) is 0 Å². The van der Waals surface area contributed by atoms with Crippen molar-refractivity contribution < 1.29 is 14.3 Å². The van der Waals surface area contributed by atoms with Crippen molar-refractivity contribution in [2.75, 3.05) is 38.2 Å². The molecule has 3 rings (SSSR count). The van der Waals surface area contributed by atoms with Gasteiger partial charge < -0.3 is 14.8 Å². The summed E-state index contributed by atoms with van der Waals surface area (Å²) in [6.45, 7) is 7.61. The summed E-state index contributed by atoms with van der Waals surface area (Å²) in [4.78, 5) is 14.9. The summed E-state index contributed by atoms with van der Waals surface area (Å²) in [5.74, 6) is -0.653. The van der Waals surface area contributed by atoms with Crippen molar-refractivity contribution >= 4 is 40.6 Å². The Labute approximate surface area is 192 Å². The number of rotatable bonds is 8. The number of para-hydroxylation sites is 1. The van der Waals surface area contributed by atoms with Crippen molar-refractivity contribution in [3.63, 3.8) is 0 Å². The summed E-state index contributed by atoms with van der Waals surface area (Å²) in [6.07, 6.45) is 0. The molecule has 2 aromatic rings. The third-order valence-corrected chi connectivity index (χ3v) is 5.90. The van der Waals surface area contributed by atoms with E-state index in [-0.39, 0.29) is 17.9 Å². The fourth-order valence-electron chi connectivity index (χ4n) is 3.40. The molecule has 1 heterocycles. The van der Waals surface area contributed by atoms with Crippen LogP contribution in [0.15, 0.2) is 42.5 Å². The Morgan fingerprint density at radius 3 is 2.61 bits per heavy atom. The summed E-state index contributed by atoms with van der Waals surface area (Å²) in [6, 6.07) is 12.5. The lowest BCUT2D eigenvalue weighted by Gasteiger charge is -2.40. The van der Waals surface area contributed by atoms with Crippen LogP contribution in [0, 0.1) is 5.41 Å². The first-order valence-corrected chi connectivity index (χ1v) is 10.9. The van der Waals surface area contributed by atoms with Gasteiger partial charge in [0.25, 0.3) is 0 Å². The molecular weight excluding hydrogens is 437 g/mol. The molecule has 1 saturated heterocycles. The summed E-state index contributed by atoms with van der Waals surface area (Å²) < 4.78 is 10.9. The van der Waals surface area contributed by atoms with E-state index in [2.05, 4.69) is 10.2 Å². The third-order valence-electron chi connectivity index (χ3n) is 5.31. The molecule has 0 atom stereocenters. The zero-order chi connectivity index (χ0) is 22.4. The summed E-state index contributed by atoms with van der Waals surface area (Å²) >= 11 is 12.2. The summed E-state index contributed by atoms with van der Waals surface area (Å²) in [5, 5.41) is 12.8. The second kappa shape index (κ2) is 10.5. The molecule has 0 saturated carbocycles. The fourth-order valence-corrected chi connectivity index (χ4v) is 3.87. The van der Waals surface area contributed by atoms with Gasteiger partial charge >= 0.3 is 5.97 Å². The van der Waals surface area contributed by atoms with E-state index in [0.717, 1.165) is 18.7 Å². The number of anilines is 1. The van der Waals surface area contributed by atoms with Crippen LogP contribution >= 0.6 is 23.2 Å². The van der Waals surface area contributed by atoms with Gasteiger partial charge in [0.1, 0.15) is 12.3 Å². The van der Waals surface area contributed by atoms with Crippen molar-refractivity contribution in [2.24, 2.45) is 0 Å². The van der Waals surface area contributed by atoms with Gasteiger partial charge in [-0.2, -0.15) is 0 Å². The zero-order valence-corrected chi connectivity index (χ0v) is 19.2.